The molecular weight excluding hydrogens is 396 g/mol. The Morgan fingerprint density at radius 1 is 1.23 bits per heavy atom. The Hall–Kier alpha value is -1.80. The number of alkyl carbamates (subject to hydrolysis) is 1. The molecule has 0 saturated carbocycles. The number of amides is 1. The van der Waals surface area contributed by atoms with Crippen molar-refractivity contribution in [2.24, 2.45) is 5.92 Å². The van der Waals surface area contributed by atoms with E-state index in [1.165, 1.54) is 0 Å². The highest BCUT2D eigenvalue weighted by atomic mass is 28.4. The van der Waals surface area contributed by atoms with Crippen LogP contribution in [0.4, 0.5) is 16.2 Å². The van der Waals surface area contributed by atoms with Gasteiger partial charge >= 0.3 is 6.09 Å². The minimum atomic E-state index is -2.03. The molecule has 1 aliphatic rings. The lowest BCUT2D eigenvalue weighted by atomic mass is 9.92. The first-order valence-corrected chi connectivity index (χ1v) is 13.6. The van der Waals surface area contributed by atoms with Crippen molar-refractivity contribution in [3.63, 3.8) is 0 Å². The summed E-state index contributed by atoms with van der Waals surface area (Å²) in [6.07, 6.45) is 2.88. The average molecular weight is 437 g/mol. The number of rotatable bonds is 4. The van der Waals surface area contributed by atoms with Crippen LogP contribution in [-0.4, -0.2) is 50.2 Å². The standard InChI is InChI=1S/C22H40N4O3Si/c1-15-13-26(18-10-11-24-12-16(18)23)14-17(25-20(27)28-21(2,3)4)19(15)29-30(8,9)22(5,6)7/h10-12,15,17,19H,13-14,23H2,1-9H3,(H,25,27). The van der Waals surface area contributed by atoms with Gasteiger partial charge in [0.15, 0.2) is 8.32 Å². The van der Waals surface area contributed by atoms with E-state index in [9.17, 15) is 4.79 Å². The molecular formula is C22H40N4O3Si. The van der Waals surface area contributed by atoms with Crippen LogP contribution in [0.2, 0.25) is 18.1 Å². The van der Waals surface area contributed by atoms with Crippen LogP contribution in [0.1, 0.15) is 48.5 Å². The molecule has 30 heavy (non-hydrogen) atoms. The number of pyridine rings is 1. The van der Waals surface area contributed by atoms with Crippen LogP contribution < -0.4 is 16.0 Å². The molecule has 2 heterocycles. The number of aromatic nitrogens is 1. The largest absolute Gasteiger partial charge is 0.444 e. The highest BCUT2D eigenvalue weighted by molar-refractivity contribution is 6.74. The van der Waals surface area contributed by atoms with Crippen LogP contribution in [0.3, 0.4) is 0 Å². The van der Waals surface area contributed by atoms with Gasteiger partial charge in [-0.2, -0.15) is 0 Å². The lowest BCUT2D eigenvalue weighted by Crippen LogP contribution is -2.62. The fourth-order valence-corrected chi connectivity index (χ4v) is 4.88. The van der Waals surface area contributed by atoms with Crippen molar-refractivity contribution in [1.29, 1.82) is 0 Å². The van der Waals surface area contributed by atoms with Gasteiger partial charge in [-0.3, -0.25) is 4.98 Å². The molecule has 2 rings (SSSR count). The predicted octanol–water partition coefficient (Wildman–Crippen LogP) is 4.40. The molecule has 3 atom stereocenters. The zero-order chi connectivity index (χ0) is 22.9. The number of hydrogen-bond acceptors (Lipinski definition) is 6. The summed E-state index contributed by atoms with van der Waals surface area (Å²) in [6.45, 7) is 20.3. The van der Waals surface area contributed by atoms with Gasteiger partial charge in [0.25, 0.3) is 0 Å². The molecule has 7 nitrogen and oxygen atoms in total. The van der Waals surface area contributed by atoms with Crippen LogP contribution in [0, 0.1) is 5.92 Å². The highest BCUT2D eigenvalue weighted by Crippen LogP contribution is 2.40. The van der Waals surface area contributed by atoms with E-state index in [0.717, 1.165) is 12.2 Å². The quantitative estimate of drug-likeness (QED) is 0.680. The molecule has 1 aliphatic heterocycles. The summed E-state index contributed by atoms with van der Waals surface area (Å²) in [5.41, 5.74) is 7.18. The van der Waals surface area contributed by atoms with Crippen molar-refractivity contribution >= 4 is 25.8 Å². The number of nitrogens with one attached hydrogen (secondary N) is 1. The Labute approximate surface area is 182 Å². The van der Waals surface area contributed by atoms with E-state index in [4.69, 9.17) is 14.9 Å². The Kier molecular flexibility index (Phi) is 7.13. The molecule has 1 amide bonds. The van der Waals surface area contributed by atoms with Crippen molar-refractivity contribution in [1.82, 2.24) is 10.3 Å². The first-order chi connectivity index (χ1) is 13.6. The number of nitrogens with two attached hydrogens (primary N) is 1. The number of nitrogens with zero attached hydrogens (tertiary/aromatic N) is 2. The van der Waals surface area contributed by atoms with Gasteiger partial charge in [-0.15, -0.1) is 0 Å². The second-order valence-electron chi connectivity index (χ2n) is 10.9. The minimum absolute atomic E-state index is 0.0792. The van der Waals surface area contributed by atoms with E-state index in [0.29, 0.717) is 12.2 Å². The van der Waals surface area contributed by atoms with Gasteiger partial charge in [-0.25, -0.2) is 4.79 Å². The Morgan fingerprint density at radius 3 is 2.40 bits per heavy atom. The summed E-state index contributed by atoms with van der Waals surface area (Å²) >= 11 is 0. The number of hydrogen-bond donors (Lipinski definition) is 2. The second kappa shape index (κ2) is 8.75. The maximum atomic E-state index is 12.6. The lowest BCUT2D eigenvalue weighted by molar-refractivity contribution is 0.0336. The Balaban J connectivity index is 2.30. The Morgan fingerprint density at radius 2 is 1.87 bits per heavy atom. The molecule has 0 aromatic carbocycles. The van der Waals surface area contributed by atoms with E-state index < -0.39 is 20.0 Å². The first-order valence-electron chi connectivity index (χ1n) is 10.7. The predicted molar refractivity (Wildman–Crippen MR) is 125 cm³/mol. The maximum Gasteiger partial charge on any atom is 0.408 e. The van der Waals surface area contributed by atoms with Gasteiger partial charge in [0.2, 0.25) is 0 Å². The fourth-order valence-electron chi connectivity index (χ4n) is 3.45. The average Bonchev–Trinajstić information content (AvgIpc) is 2.55. The van der Waals surface area contributed by atoms with Crippen LogP contribution in [0.25, 0.3) is 0 Å². The molecule has 170 valence electrons. The third-order valence-corrected chi connectivity index (χ3v) is 10.5. The molecule has 1 aromatic rings. The Bertz CT molecular complexity index is 743. The fraction of sp³-hybridized carbons (Fsp3) is 0.727. The van der Waals surface area contributed by atoms with Crippen molar-refractivity contribution in [2.75, 3.05) is 23.7 Å². The van der Waals surface area contributed by atoms with Crippen molar-refractivity contribution < 1.29 is 14.0 Å². The maximum absolute atomic E-state index is 12.6. The number of nitrogen functional groups attached to an aromatic ring is 1. The molecule has 3 unspecified atom stereocenters. The van der Waals surface area contributed by atoms with E-state index in [1.807, 2.05) is 26.8 Å². The van der Waals surface area contributed by atoms with Crippen LogP contribution >= 0.6 is 0 Å². The topological polar surface area (TPSA) is 89.7 Å². The molecule has 0 bridgehead atoms. The summed E-state index contributed by atoms with van der Waals surface area (Å²) in [5, 5.41) is 3.17. The molecule has 0 radical (unpaired) electrons. The van der Waals surface area contributed by atoms with Crippen LogP contribution in [0.5, 0.6) is 0 Å². The smallest absolute Gasteiger partial charge is 0.408 e. The minimum Gasteiger partial charge on any atom is -0.444 e. The third-order valence-electron chi connectivity index (χ3n) is 5.99. The summed E-state index contributed by atoms with van der Waals surface area (Å²) in [4.78, 5) is 18.9. The molecule has 1 aromatic heterocycles. The molecule has 1 saturated heterocycles. The normalized spacial score (nSPS) is 23.2. The van der Waals surface area contributed by atoms with Gasteiger partial charge < -0.3 is 25.1 Å². The second-order valence-corrected chi connectivity index (χ2v) is 15.7. The summed E-state index contributed by atoms with van der Waals surface area (Å²) in [6, 6.07) is 1.70. The third kappa shape index (κ3) is 6.10. The van der Waals surface area contributed by atoms with E-state index >= 15 is 0 Å². The number of ether oxygens (including phenoxy) is 1. The number of carbonyl (C=O) groups is 1. The summed E-state index contributed by atoms with van der Waals surface area (Å²) in [7, 11) is -2.03. The van der Waals surface area contributed by atoms with Crippen LogP contribution in [0.15, 0.2) is 18.5 Å². The van der Waals surface area contributed by atoms with Gasteiger partial charge in [0.1, 0.15) is 5.60 Å². The number of anilines is 2. The number of carbonyl (C=O) groups excluding carboxylic acids is 1. The molecule has 3 N–H and O–H groups in total. The molecule has 1 fully saturated rings. The monoisotopic (exact) mass is 436 g/mol. The van der Waals surface area contributed by atoms with E-state index in [1.54, 1.807) is 12.4 Å². The van der Waals surface area contributed by atoms with E-state index in [2.05, 4.69) is 56.0 Å². The summed E-state index contributed by atoms with van der Waals surface area (Å²) in [5.74, 6) is 0.195. The SMILES string of the molecule is CC1CN(c2ccncc2N)CC(NC(=O)OC(C)(C)C)C1O[Si](C)(C)C(C)(C)C. The molecule has 0 spiro atoms. The van der Waals surface area contributed by atoms with Gasteiger partial charge in [-0.05, 0) is 45.0 Å². The zero-order valence-electron chi connectivity index (χ0n) is 20.1. The van der Waals surface area contributed by atoms with E-state index in [-0.39, 0.29) is 23.1 Å². The lowest BCUT2D eigenvalue weighted by Gasteiger charge is -2.48. The zero-order valence-corrected chi connectivity index (χ0v) is 21.1. The summed E-state index contributed by atoms with van der Waals surface area (Å²) < 4.78 is 12.4. The highest BCUT2D eigenvalue weighted by Gasteiger charge is 2.45. The van der Waals surface area contributed by atoms with Gasteiger partial charge in [-0.1, -0.05) is 27.7 Å². The first kappa shape index (κ1) is 24.5. The van der Waals surface area contributed by atoms with Gasteiger partial charge in [0, 0.05) is 25.2 Å². The van der Waals surface area contributed by atoms with Gasteiger partial charge in [0.05, 0.1) is 29.7 Å². The van der Waals surface area contributed by atoms with Crippen molar-refractivity contribution in [2.45, 2.75) is 84.3 Å². The molecule has 8 heteroatoms. The number of piperidine rings is 1. The van der Waals surface area contributed by atoms with Crippen molar-refractivity contribution in [3.8, 4) is 0 Å². The van der Waals surface area contributed by atoms with Crippen LogP contribution in [-0.2, 0) is 9.16 Å². The molecule has 0 aliphatic carbocycles. The van der Waals surface area contributed by atoms with Crippen molar-refractivity contribution in [3.05, 3.63) is 18.5 Å².